The molecule has 4 heteroatoms. The van der Waals surface area contributed by atoms with Crippen molar-refractivity contribution in [2.75, 3.05) is 13.7 Å². The fourth-order valence-electron chi connectivity index (χ4n) is 1.43. The molecule has 0 amide bonds. The van der Waals surface area contributed by atoms with E-state index in [0.717, 1.165) is 0 Å². The molecule has 0 heterocycles. The quantitative estimate of drug-likeness (QED) is 0.683. The van der Waals surface area contributed by atoms with Crippen LogP contribution in [0.2, 0.25) is 0 Å². The molecule has 1 atom stereocenters. The van der Waals surface area contributed by atoms with E-state index in [1.807, 2.05) is 0 Å². The Morgan fingerprint density at radius 2 is 2.20 bits per heavy atom. The molecular weight excluding hydrogens is 194 g/mol. The first-order valence-electron chi connectivity index (χ1n) is 4.92. The number of hydrogen-bond donors (Lipinski definition) is 3. The van der Waals surface area contributed by atoms with Gasteiger partial charge in [-0.05, 0) is 18.9 Å². The number of aromatic hydroxyl groups is 1. The van der Waals surface area contributed by atoms with Crippen molar-refractivity contribution in [3.63, 3.8) is 0 Å². The highest BCUT2D eigenvalue weighted by molar-refractivity contribution is 5.41. The van der Waals surface area contributed by atoms with Crippen LogP contribution in [-0.4, -0.2) is 23.9 Å². The third kappa shape index (κ3) is 3.11. The molecule has 0 aliphatic heterocycles. The molecule has 4 nitrogen and oxygen atoms in total. The molecule has 0 spiro atoms. The lowest BCUT2D eigenvalue weighted by atomic mass is 10.0. The molecule has 0 fully saturated rings. The second-order valence-electron chi connectivity index (χ2n) is 3.40. The van der Waals surface area contributed by atoms with Crippen molar-refractivity contribution in [1.29, 1.82) is 0 Å². The Labute approximate surface area is 89.3 Å². The molecule has 0 aromatic heterocycles. The molecule has 4 N–H and O–H groups in total. The van der Waals surface area contributed by atoms with Crippen molar-refractivity contribution in [2.45, 2.75) is 18.9 Å². The van der Waals surface area contributed by atoms with E-state index in [2.05, 4.69) is 0 Å². The van der Waals surface area contributed by atoms with Gasteiger partial charge in [-0.3, -0.25) is 0 Å². The Hall–Kier alpha value is -1.26. The van der Waals surface area contributed by atoms with Crippen molar-refractivity contribution < 1.29 is 14.9 Å². The van der Waals surface area contributed by atoms with E-state index in [4.69, 9.17) is 15.6 Å². The summed E-state index contributed by atoms with van der Waals surface area (Å²) in [7, 11) is 1.54. The molecule has 0 aliphatic carbocycles. The van der Waals surface area contributed by atoms with E-state index in [0.29, 0.717) is 24.2 Å². The van der Waals surface area contributed by atoms with Gasteiger partial charge in [-0.15, -0.1) is 0 Å². The van der Waals surface area contributed by atoms with E-state index >= 15 is 0 Å². The molecule has 1 rings (SSSR count). The van der Waals surface area contributed by atoms with Gasteiger partial charge in [0.05, 0.1) is 7.11 Å². The standard InChI is InChI=1S/C11H17NO3/c1-15-8-4-5-9(11(14)7-8)10(12)3-2-6-13/h4-5,7,10,13-14H,2-3,6,12H2,1H3/t10-/m0/s1. The van der Waals surface area contributed by atoms with Gasteiger partial charge >= 0.3 is 0 Å². The van der Waals surface area contributed by atoms with Gasteiger partial charge in [0.2, 0.25) is 0 Å². The van der Waals surface area contributed by atoms with Crippen LogP contribution in [0.15, 0.2) is 18.2 Å². The van der Waals surface area contributed by atoms with Crippen molar-refractivity contribution in [3.8, 4) is 11.5 Å². The number of hydrogen-bond acceptors (Lipinski definition) is 4. The average molecular weight is 211 g/mol. The number of benzene rings is 1. The third-order valence-corrected chi connectivity index (χ3v) is 2.31. The van der Waals surface area contributed by atoms with Gasteiger partial charge in [0.25, 0.3) is 0 Å². The van der Waals surface area contributed by atoms with E-state index in [9.17, 15) is 5.11 Å². The first-order valence-corrected chi connectivity index (χ1v) is 4.92. The summed E-state index contributed by atoms with van der Waals surface area (Å²) in [6.45, 7) is 0.116. The Bertz CT molecular complexity index is 315. The fraction of sp³-hybridized carbons (Fsp3) is 0.455. The Balaban J connectivity index is 2.76. The highest BCUT2D eigenvalue weighted by Gasteiger charge is 2.11. The lowest BCUT2D eigenvalue weighted by molar-refractivity contribution is 0.279. The summed E-state index contributed by atoms with van der Waals surface area (Å²) < 4.78 is 4.97. The first kappa shape index (κ1) is 11.8. The van der Waals surface area contributed by atoms with Crippen LogP contribution in [0.1, 0.15) is 24.4 Å². The number of rotatable bonds is 5. The van der Waals surface area contributed by atoms with Crippen LogP contribution in [0.3, 0.4) is 0 Å². The maximum absolute atomic E-state index is 9.67. The number of ether oxygens (including phenoxy) is 1. The van der Waals surface area contributed by atoms with Gasteiger partial charge in [0.1, 0.15) is 11.5 Å². The minimum absolute atomic E-state index is 0.116. The smallest absolute Gasteiger partial charge is 0.124 e. The highest BCUT2D eigenvalue weighted by atomic mass is 16.5. The molecule has 0 unspecified atom stereocenters. The van der Waals surface area contributed by atoms with Crippen molar-refractivity contribution in [2.24, 2.45) is 5.73 Å². The Morgan fingerprint density at radius 1 is 1.47 bits per heavy atom. The summed E-state index contributed by atoms with van der Waals surface area (Å²) in [6.07, 6.45) is 1.28. The topological polar surface area (TPSA) is 75.7 Å². The van der Waals surface area contributed by atoms with Crippen molar-refractivity contribution in [1.82, 2.24) is 0 Å². The minimum Gasteiger partial charge on any atom is -0.507 e. The molecule has 0 saturated heterocycles. The molecule has 1 aromatic rings. The van der Waals surface area contributed by atoms with E-state index < -0.39 is 0 Å². The zero-order valence-electron chi connectivity index (χ0n) is 8.81. The zero-order valence-corrected chi connectivity index (χ0v) is 8.81. The van der Waals surface area contributed by atoms with Gasteiger partial charge < -0.3 is 20.7 Å². The second-order valence-corrected chi connectivity index (χ2v) is 3.40. The molecule has 84 valence electrons. The summed E-state index contributed by atoms with van der Waals surface area (Å²) >= 11 is 0. The normalized spacial score (nSPS) is 12.5. The molecule has 0 radical (unpaired) electrons. The van der Waals surface area contributed by atoms with Crippen LogP contribution in [-0.2, 0) is 0 Å². The molecule has 15 heavy (non-hydrogen) atoms. The number of phenolic OH excluding ortho intramolecular Hbond substituents is 1. The largest absolute Gasteiger partial charge is 0.507 e. The minimum atomic E-state index is -0.247. The van der Waals surface area contributed by atoms with E-state index in [-0.39, 0.29) is 18.4 Å². The monoisotopic (exact) mass is 211 g/mol. The molecule has 0 bridgehead atoms. The maximum Gasteiger partial charge on any atom is 0.124 e. The summed E-state index contributed by atoms with van der Waals surface area (Å²) in [5, 5.41) is 18.3. The number of nitrogens with two attached hydrogens (primary N) is 1. The SMILES string of the molecule is COc1ccc([C@@H](N)CCCO)c(O)c1. The summed E-state index contributed by atoms with van der Waals surface area (Å²) in [5.41, 5.74) is 6.55. The van der Waals surface area contributed by atoms with Gasteiger partial charge in [-0.25, -0.2) is 0 Å². The Morgan fingerprint density at radius 3 is 2.73 bits per heavy atom. The lowest BCUT2D eigenvalue weighted by Crippen LogP contribution is -2.11. The van der Waals surface area contributed by atoms with Gasteiger partial charge in [-0.1, -0.05) is 6.07 Å². The number of aliphatic hydroxyl groups excluding tert-OH is 1. The van der Waals surface area contributed by atoms with Crippen molar-refractivity contribution >= 4 is 0 Å². The predicted octanol–water partition coefficient (Wildman–Crippen LogP) is 1.17. The van der Waals surface area contributed by atoms with Crippen LogP contribution >= 0.6 is 0 Å². The van der Waals surface area contributed by atoms with Crippen LogP contribution in [0.5, 0.6) is 11.5 Å². The van der Waals surface area contributed by atoms with E-state index in [1.165, 1.54) is 6.07 Å². The van der Waals surface area contributed by atoms with Crippen LogP contribution in [0.25, 0.3) is 0 Å². The fourth-order valence-corrected chi connectivity index (χ4v) is 1.43. The predicted molar refractivity (Wildman–Crippen MR) is 57.9 cm³/mol. The maximum atomic E-state index is 9.67. The number of aliphatic hydroxyl groups is 1. The summed E-state index contributed by atoms with van der Waals surface area (Å²) in [6, 6.07) is 4.79. The van der Waals surface area contributed by atoms with Gasteiger partial charge in [-0.2, -0.15) is 0 Å². The Kier molecular flexibility index (Phi) is 4.39. The second kappa shape index (κ2) is 5.58. The van der Waals surface area contributed by atoms with E-state index in [1.54, 1.807) is 19.2 Å². The van der Waals surface area contributed by atoms with Crippen LogP contribution in [0.4, 0.5) is 0 Å². The molecule has 0 saturated carbocycles. The summed E-state index contributed by atoms with van der Waals surface area (Å²) in [5.74, 6) is 0.741. The number of methoxy groups -OCH3 is 1. The lowest BCUT2D eigenvalue weighted by Gasteiger charge is -2.13. The highest BCUT2D eigenvalue weighted by Crippen LogP contribution is 2.29. The third-order valence-electron chi connectivity index (χ3n) is 2.31. The zero-order chi connectivity index (χ0) is 11.3. The van der Waals surface area contributed by atoms with Gasteiger partial charge in [0, 0.05) is 24.3 Å². The number of phenols is 1. The molecular formula is C11H17NO3. The van der Waals surface area contributed by atoms with Crippen LogP contribution in [0, 0.1) is 0 Å². The first-order chi connectivity index (χ1) is 7.19. The summed E-state index contributed by atoms with van der Waals surface area (Å²) in [4.78, 5) is 0. The average Bonchev–Trinajstić information content (AvgIpc) is 2.25. The molecule has 1 aromatic carbocycles. The van der Waals surface area contributed by atoms with Gasteiger partial charge in [0.15, 0.2) is 0 Å². The van der Waals surface area contributed by atoms with Crippen LogP contribution < -0.4 is 10.5 Å². The van der Waals surface area contributed by atoms with Crippen molar-refractivity contribution in [3.05, 3.63) is 23.8 Å². The molecule has 0 aliphatic rings.